The third kappa shape index (κ3) is 3.44. The minimum Gasteiger partial charge on any atom is -0.772 e. The summed E-state index contributed by atoms with van der Waals surface area (Å²) in [6.07, 6.45) is 3.13. The molecule has 0 aromatic rings. The van der Waals surface area contributed by atoms with Crippen LogP contribution in [0.1, 0.15) is 19.3 Å². The zero-order chi connectivity index (χ0) is 8.32. The molecular formula is C7H13NaO3S. The molecular weight excluding hydrogens is 187 g/mol. The van der Waals surface area contributed by atoms with Gasteiger partial charge >= 0.3 is 29.6 Å². The fraction of sp³-hybridized carbons (Fsp3) is 1.00. The van der Waals surface area contributed by atoms with Crippen molar-refractivity contribution in [3.63, 3.8) is 0 Å². The Labute approximate surface area is 97.8 Å². The van der Waals surface area contributed by atoms with Gasteiger partial charge in [-0.25, -0.2) is 0 Å². The van der Waals surface area contributed by atoms with E-state index in [1.165, 1.54) is 0 Å². The Bertz CT molecular complexity index is 159. The first-order valence-corrected chi connectivity index (χ1v) is 4.98. The van der Waals surface area contributed by atoms with Crippen LogP contribution in [0.4, 0.5) is 0 Å². The topological polar surface area (TPSA) is 49.4 Å². The van der Waals surface area contributed by atoms with Crippen molar-refractivity contribution in [2.45, 2.75) is 19.3 Å². The number of hydrogen-bond donors (Lipinski definition) is 0. The molecule has 1 fully saturated rings. The molecule has 1 aliphatic carbocycles. The third-order valence-electron chi connectivity index (χ3n) is 2.29. The molecule has 0 heterocycles. The van der Waals surface area contributed by atoms with Crippen LogP contribution in [0.15, 0.2) is 0 Å². The summed E-state index contributed by atoms with van der Waals surface area (Å²) in [4.78, 5) is 0. The summed E-state index contributed by atoms with van der Waals surface area (Å²) in [6.45, 7) is 0.584. The van der Waals surface area contributed by atoms with Crippen LogP contribution in [0.2, 0.25) is 0 Å². The Morgan fingerprint density at radius 2 is 2.17 bits per heavy atom. The van der Waals surface area contributed by atoms with Crippen molar-refractivity contribution in [3.8, 4) is 0 Å². The molecule has 0 bridgehead atoms. The zero-order valence-corrected chi connectivity index (χ0v) is 10.5. The van der Waals surface area contributed by atoms with Crippen molar-refractivity contribution in [1.82, 2.24) is 0 Å². The fourth-order valence-electron chi connectivity index (χ4n) is 1.56. The second kappa shape index (κ2) is 5.73. The van der Waals surface area contributed by atoms with Crippen LogP contribution in [-0.4, -0.2) is 28.2 Å². The Morgan fingerprint density at radius 3 is 2.42 bits per heavy atom. The molecule has 1 aliphatic rings. The summed E-state index contributed by atoms with van der Waals surface area (Å²) in [5, 5.41) is 0. The maximum absolute atomic E-state index is 10.4. The first-order valence-electron chi connectivity index (χ1n) is 3.73. The zero-order valence-electron chi connectivity index (χ0n) is 7.67. The molecule has 0 radical (unpaired) electrons. The van der Waals surface area contributed by atoms with Gasteiger partial charge in [0.2, 0.25) is 0 Å². The Morgan fingerprint density at radius 1 is 1.58 bits per heavy atom. The number of rotatable bonds is 4. The molecule has 1 atom stereocenters. The smallest absolute Gasteiger partial charge is 0.772 e. The molecule has 0 aromatic carbocycles. The molecule has 12 heavy (non-hydrogen) atoms. The van der Waals surface area contributed by atoms with E-state index in [9.17, 15) is 8.76 Å². The molecule has 5 heteroatoms. The first kappa shape index (κ1) is 13.1. The fourth-order valence-corrected chi connectivity index (χ4v) is 2.44. The van der Waals surface area contributed by atoms with Gasteiger partial charge in [-0.05, 0) is 12.8 Å². The molecule has 0 aromatic heterocycles. The molecule has 1 saturated carbocycles. The Kier molecular flexibility index (Phi) is 6.24. The standard InChI is InChI=1S/C7H14O3S.Na/c1-10-5-7(3-2-4-7)6-11(8)9;/h2-6H2,1H3,(H,8,9);/q;+1/p-1. The van der Waals surface area contributed by atoms with Gasteiger partial charge in [0, 0.05) is 18.3 Å². The maximum atomic E-state index is 10.4. The van der Waals surface area contributed by atoms with Crippen molar-refractivity contribution in [2.24, 2.45) is 5.41 Å². The van der Waals surface area contributed by atoms with Gasteiger partial charge in [0.15, 0.2) is 0 Å². The van der Waals surface area contributed by atoms with E-state index in [0.29, 0.717) is 6.61 Å². The van der Waals surface area contributed by atoms with Gasteiger partial charge in [-0.2, -0.15) is 0 Å². The summed E-state index contributed by atoms with van der Waals surface area (Å²) in [6, 6.07) is 0. The number of ether oxygens (including phenoxy) is 1. The van der Waals surface area contributed by atoms with Crippen LogP contribution in [0.3, 0.4) is 0 Å². The normalized spacial score (nSPS) is 22.2. The van der Waals surface area contributed by atoms with Gasteiger partial charge in [0.25, 0.3) is 0 Å². The van der Waals surface area contributed by atoms with Crippen LogP contribution < -0.4 is 29.6 Å². The summed E-state index contributed by atoms with van der Waals surface area (Å²) in [5.41, 5.74) is -0.0403. The predicted molar refractivity (Wildman–Crippen MR) is 41.9 cm³/mol. The van der Waals surface area contributed by atoms with Gasteiger partial charge in [-0.3, -0.25) is 4.21 Å². The summed E-state index contributed by atoms with van der Waals surface area (Å²) >= 11 is -1.92. The number of methoxy groups -OCH3 is 1. The molecule has 0 spiro atoms. The van der Waals surface area contributed by atoms with Crippen LogP contribution in [0, 0.1) is 5.41 Å². The van der Waals surface area contributed by atoms with E-state index in [2.05, 4.69) is 0 Å². The second-order valence-corrected chi connectivity index (χ2v) is 4.13. The van der Waals surface area contributed by atoms with Crippen molar-refractivity contribution in [2.75, 3.05) is 19.5 Å². The third-order valence-corrected chi connectivity index (χ3v) is 3.14. The maximum Gasteiger partial charge on any atom is 1.00 e. The van der Waals surface area contributed by atoms with E-state index >= 15 is 0 Å². The Balaban J connectivity index is 0.00000121. The van der Waals surface area contributed by atoms with Gasteiger partial charge in [0.1, 0.15) is 0 Å². The minimum absolute atomic E-state index is 0. The van der Waals surface area contributed by atoms with Crippen LogP contribution >= 0.6 is 0 Å². The average molecular weight is 200 g/mol. The monoisotopic (exact) mass is 200 g/mol. The van der Waals surface area contributed by atoms with E-state index < -0.39 is 11.1 Å². The van der Waals surface area contributed by atoms with Crippen LogP contribution in [-0.2, 0) is 15.8 Å². The number of hydrogen-bond acceptors (Lipinski definition) is 3. The Hall–Kier alpha value is 1.07. The molecule has 0 saturated heterocycles. The van der Waals surface area contributed by atoms with E-state index in [0.717, 1.165) is 19.3 Å². The van der Waals surface area contributed by atoms with E-state index in [-0.39, 0.29) is 40.7 Å². The summed E-state index contributed by atoms with van der Waals surface area (Å²) in [5.74, 6) is 0.265. The quantitative estimate of drug-likeness (QED) is 0.378. The predicted octanol–water partition coefficient (Wildman–Crippen LogP) is -2.31. The second-order valence-electron chi connectivity index (χ2n) is 3.23. The van der Waals surface area contributed by atoms with Gasteiger partial charge in [-0.15, -0.1) is 0 Å². The molecule has 0 aliphatic heterocycles. The molecule has 3 nitrogen and oxygen atoms in total. The molecule has 0 amide bonds. The molecule has 1 rings (SSSR count). The van der Waals surface area contributed by atoms with Crippen molar-refractivity contribution >= 4 is 11.1 Å². The van der Waals surface area contributed by atoms with Crippen LogP contribution in [0.25, 0.3) is 0 Å². The van der Waals surface area contributed by atoms with Crippen molar-refractivity contribution in [1.29, 1.82) is 0 Å². The van der Waals surface area contributed by atoms with Gasteiger partial charge in [0.05, 0.1) is 6.61 Å². The van der Waals surface area contributed by atoms with Crippen molar-refractivity contribution in [3.05, 3.63) is 0 Å². The van der Waals surface area contributed by atoms with Crippen LogP contribution in [0.5, 0.6) is 0 Å². The first-order chi connectivity index (χ1) is 5.18. The van der Waals surface area contributed by atoms with E-state index in [4.69, 9.17) is 4.74 Å². The van der Waals surface area contributed by atoms with Gasteiger partial charge in [-0.1, -0.05) is 17.5 Å². The summed E-state index contributed by atoms with van der Waals surface area (Å²) < 4.78 is 25.8. The molecule has 0 N–H and O–H groups in total. The molecule has 1 unspecified atom stereocenters. The van der Waals surface area contributed by atoms with Crippen molar-refractivity contribution < 1.29 is 43.1 Å². The minimum atomic E-state index is -1.92. The average Bonchev–Trinajstić information content (AvgIpc) is 1.82. The van der Waals surface area contributed by atoms with Gasteiger partial charge < -0.3 is 9.29 Å². The summed E-state index contributed by atoms with van der Waals surface area (Å²) in [7, 11) is 1.62. The SMILES string of the molecule is COCC1(CS(=O)[O-])CCC1.[Na+]. The molecule has 66 valence electrons. The van der Waals surface area contributed by atoms with E-state index in [1.54, 1.807) is 7.11 Å². The largest absolute Gasteiger partial charge is 1.00 e. The van der Waals surface area contributed by atoms with E-state index in [1.807, 2.05) is 0 Å².